The van der Waals surface area contributed by atoms with Gasteiger partial charge in [0, 0.05) is 13.0 Å². The van der Waals surface area contributed by atoms with Crippen LogP contribution >= 0.6 is 0 Å². The number of piperidine rings is 1. The van der Waals surface area contributed by atoms with Crippen molar-refractivity contribution in [1.82, 2.24) is 20.8 Å². The van der Waals surface area contributed by atoms with Gasteiger partial charge in [-0.15, -0.1) is 0 Å². The minimum Gasteiger partial charge on any atom is -0.309 e. The summed E-state index contributed by atoms with van der Waals surface area (Å²) in [5.41, 5.74) is 4.64. The van der Waals surface area contributed by atoms with Gasteiger partial charge in [0.05, 0.1) is 6.04 Å². The highest BCUT2D eigenvalue weighted by atomic mass is 16.5. The normalized spacial score (nSPS) is 25.5. The average Bonchev–Trinajstić information content (AvgIpc) is 2.62. The van der Waals surface area contributed by atoms with Gasteiger partial charge in [-0.2, -0.15) is 0 Å². The molecule has 2 bridgehead atoms. The molecule has 19 heavy (non-hydrogen) atoms. The Kier molecular flexibility index (Phi) is 3.89. The number of fused-ring (bicyclic) bond motifs is 2. The second-order valence-corrected chi connectivity index (χ2v) is 4.81. The van der Waals surface area contributed by atoms with E-state index in [1.54, 1.807) is 0 Å². The fraction of sp³-hybridized carbons (Fsp3) is 0.727. The van der Waals surface area contributed by atoms with Gasteiger partial charge in [-0.3, -0.25) is 25.6 Å². The van der Waals surface area contributed by atoms with Crippen molar-refractivity contribution < 1.29 is 19.6 Å². The zero-order chi connectivity index (χ0) is 14.0. The van der Waals surface area contributed by atoms with E-state index in [2.05, 4.69) is 10.9 Å². The number of nitrogens with zero attached hydrogens (tertiary/aromatic N) is 2. The molecular formula is C11H18N4O4. The zero-order valence-corrected chi connectivity index (χ0v) is 10.8. The van der Waals surface area contributed by atoms with E-state index in [4.69, 9.17) is 0 Å². The van der Waals surface area contributed by atoms with Crippen molar-refractivity contribution in [3.05, 3.63) is 0 Å². The van der Waals surface area contributed by atoms with Crippen LogP contribution in [0.25, 0.3) is 0 Å². The Morgan fingerprint density at radius 3 is 2.79 bits per heavy atom. The third kappa shape index (κ3) is 2.62. The Morgan fingerprint density at radius 1 is 1.37 bits per heavy atom. The predicted molar refractivity (Wildman–Crippen MR) is 63.7 cm³/mol. The molecule has 2 aliphatic rings. The molecule has 0 radical (unpaired) electrons. The Bertz CT molecular complexity index is 400. The largest absolute Gasteiger partial charge is 0.344 e. The lowest BCUT2D eigenvalue weighted by Gasteiger charge is -2.29. The maximum Gasteiger partial charge on any atom is 0.344 e. The lowest BCUT2D eigenvalue weighted by atomic mass is 10.0. The summed E-state index contributed by atoms with van der Waals surface area (Å²) in [4.78, 5) is 36.2. The summed E-state index contributed by atoms with van der Waals surface area (Å²) in [6.07, 6.45) is 2.07. The highest BCUT2D eigenvalue weighted by Crippen LogP contribution is 2.28. The number of carbonyl (C=O) groups is 3. The van der Waals surface area contributed by atoms with Crippen molar-refractivity contribution in [3.8, 4) is 0 Å². The molecule has 0 aromatic heterocycles. The number of hydrazine groups is 1. The molecule has 2 aliphatic heterocycles. The summed E-state index contributed by atoms with van der Waals surface area (Å²) in [6.45, 7) is 2.21. The van der Waals surface area contributed by atoms with E-state index in [1.165, 1.54) is 4.90 Å². The molecule has 0 aromatic rings. The molecule has 2 saturated heterocycles. The maximum atomic E-state index is 11.9. The van der Waals surface area contributed by atoms with Crippen LogP contribution in [0.4, 0.5) is 4.79 Å². The second-order valence-electron chi connectivity index (χ2n) is 4.81. The first-order chi connectivity index (χ1) is 9.04. The first-order valence-electron chi connectivity index (χ1n) is 6.42. The summed E-state index contributed by atoms with van der Waals surface area (Å²) in [5, 5.41) is 10.2. The van der Waals surface area contributed by atoms with Gasteiger partial charge in [-0.25, -0.2) is 9.86 Å². The summed E-state index contributed by atoms with van der Waals surface area (Å²) in [6, 6.07) is -1.42. The molecule has 0 aromatic carbocycles. The van der Waals surface area contributed by atoms with Gasteiger partial charge in [-0.05, 0) is 19.3 Å². The highest BCUT2D eigenvalue weighted by molar-refractivity contribution is 5.89. The maximum absolute atomic E-state index is 11.9. The van der Waals surface area contributed by atoms with Gasteiger partial charge in [0.1, 0.15) is 6.04 Å². The Balaban J connectivity index is 1.90. The smallest absolute Gasteiger partial charge is 0.309 e. The van der Waals surface area contributed by atoms with Crippen LogP contribution in [-0.4, -0.2) is 51.6 Å². The molecule has 3 N–H and O–H groups in total. The van der Waals surface area contributed by atoms with E-state index in [9.17, 15) is 19.6 Å². The fourth-order valence-corrected chi connectivity index (χ4v) is 2.43. The van der Waals surface area contributed by atoms with Crippen molar-refractivity contribution in [1.29, 1.82) is 0 Å². The lowest BCUT2D eigenvalue weighted by molar-refractivity contribution is -0.131. The second kappa shape index (κ2) is 5.43. The molecule has 2 rings (SSSR count). The number of nitrogens with one attached hydrogen (secondary N) is 2. The van der Waals surface area contributed by atoms with Crippen molar-refractivity contribution in [2.75, 3.05) is 6.54 Å². The van der Waals surface area contributed by atoms with Gasteiger partial charge in [-0.1, -0.05) is 6.92 Å². The third-order valence-electron chi connectivity index (χ3n) is 3.45. The van der Waals surface area contributed by atoms with Crippen LogP contribution in [0.2, 0.25) is 0 Å². The average molecular weight is 270 g/mol. The number of urea groups is 1. The van der Waals surface area contributed by atoms with Crippen molar-refractivity contribution in [2.45, 2.75) is 44.7 Å². The summed E-state index contributed by atoms with van der Waals surface area (Å²) < 4.78 is 0. The van der Waals surface area contributed by atoms with E-state index < -0.39 is 18.0 Å². The standard InChI is InChI=1S/C11H18N4O4/c1-2-3-9(16)12-13-10(17)8-5-4-7-6-14(8)11(18)15(7)19/h7-8,19H,2-6H2,1H3,(H,12,16)(H,13,17). The van der Waals surface area contributed by atoms with E-state index in [0.29, 0.717) is 37.3 Å². The van der Waals surface area contributed by atoms with Gasteiger partial charge in [0.2, 0.25) is 5.91 Å². The third-order valence-corrected chi connectivity index (χ3v) is 3.45. The minimum absolute atomic E-state index is 0.230. The SMILES string of the molecule is CCCC(=O)NNC(=O)C1CCC2CN1C(=O)N2O. The van der Waals surface area contributed by atoms with Crippen molar-refractivity contribution in [2.24, 2.45) is 0 Å². The molecule has 106 valence electrons. The topological polar surface area (TPSA) is 102 Å². The molecule has 0 aliphatic carbocycles. The molecule has 0 spiro atoms. The van der Waals surface area contributed by atoms with E-state index in [0.717, 1.165) is 0 Å². The van der Waals surface area contributed by atoms with Crippen LogP contribution in [0.15, 0.2) is 0 Å². The number of rotatable bonds is 3. The van der Waals surface area contributed by atoms with Crippen molar-refractivity contribution >= 4 is 17.8 Å². The molecule has 8 nitrogen and oxygen atoms in total. The van der Waals surface area contributed by atoms with Crippen molar-refractivity contribution in [3.63, 3.8) is 0 Å². The summed E-state index contributed by atoms with van der Waals surface area (Å²) in [7, 11) is 0. The predicted octanol–water partition coefficient (Wildman–Crippen LogP) is -0.408. The monoisotopic (exact) mass is 270 g/mol. The summed E-state index contributed by atoms with van der Waals surface area (Å²) >= 11 is 0. The molecule has 4 amide bonds. The molecule has 2 fully saturated rings. The lowest BCUT2D eigenvalue weighted by Crippen LogP contribution is -2.54. The molecule has 2 unspecified atom stereocenters. The van der Waals surface area contributed by atoms with Crippen LogP contribution in [0.1, 0.15) is 32.6 Å². The van der Waals surface area contributed by atoms with E-state index in [-0.39, 0.29) is 11.9 Å². The van der Waals surface area contributed by atoms with Crippen LogP contribution in [-0.2, 0) is 9.59 Å². The number of carbonyl (C=O) groups excluding carboxylic acids is 3. The zero-order valence-electron chi connectivity index (χ0n) is 10.8. The Hall–Kier alpha value is -1.83. The Labute approximate surface area is 110 Å². The van der Waals surface area contributed by atoms with Gasteiger partial charge >= 0.3 is 6.03 Å². The minimum atomic E-state index is -0.636. The molecule has 2 atom stereocenters. The van der Waals surface area contributed by atoms with E-state index >= 15 is 0 Å². The number of hydrogen-bond acceptors (Lipinski definition) is 4. The van der Waals surface area contributed by atoms with Crippen LogP contribution in [0, 0.1) is 0 Å². The van der Waals surface area contributed by atoms with Gasteiger partial charge in [0.15, 0.2) is 0 Å². The highest BCUT2D eigenvalue weighted by Gasteiger charge is 2.46. The number of hydroxylamine groups is 2. The quantitative estimate of drug-likeness (QED) is 0.479. The Morgan fingerprint density at radius 2 is 2.11 bits per heavy atom. The van der Waals surface area contributed by atoms with E-state index in [1.807, 2.05) is 6.92 Å². The van der Waals surface area contributed by atoms with Crippen LogP contribution in [0.3, 0.4) is 0 Å². The van der Waals surface area contributed by atoms with Crippen LogP contribution < -0.4 is 10.9 Å². The molecule has 0 saturated carbocycles. The van der Waals surface area contributed by atoms with Crippen LogP contribution in [0.5, 0.6) is 0 Å². The molecule has 2 heterocycles. The van der Waals surface area contributed by atoms with Gasteiger partial charge < -0.3 is 4.90 Å². The number of hydrogen-bond donors (Lipinski definition) is 3. The fourth-order valence-electron chi connectivity index (χ4n) is 2.43. The first kappa shape index (κ1) is 13.6. The first-order valence-corrected chi connectivity index (χ1v) is 6.42. The number of amides is 4. The summed E-state index contributed by atoms with van der Waals surface area (Å²) in [5.74, 6) is -0.687. The molecule has 8 heteroatoms. The van der Waals surface area contributed by atoms with Gasteiger partial charge in [0.25, 0.3) is 5.91 Å². The molecular weight excluding hydrogens is 252 g/mol.